The molecule has 0 saturated carbocycles. The van der Waals surface area contributed by atoms with E-state index in [1.165, 1.54) is 11.8 Å². The van der Waals surface area contributed by atoms with E-state index in [0.29, 0.717) is 16.0 Å². The highest BCUT2D eigenvalue weighted by atomic mass is 35.5. The van der Waals surface area contributed by atoms with Crippen LogP contribution in [-0.4, -0.2) is 46.9 Å². The number of hydrogen-bond acceptors (Lipinski definition) is 7. The van der Waals surface area contributed by atoms with Crippen molar-refractivity contribution in [1.29, 1.82) is 0 Å². The van der Waals surface area contributed by atoms with Crippen LogP contribution in [0.25, 0.3) is 17.1 Å². The molecule has 10 heteroatoms. The second-order valence-corrected chi connectivity index (χ2v) is 8.58. The first-order chi connectivity index (χ1) is 17.1. The van der Waals surface area contributed by atoms with E-state index in [1.54, 1.807) is 32.6 Å². The Morgan fingerprint density at radius 3 is 2.23 bits per heavy atom. The Morgan fingerprint density at radius 2 is 1.60 bits per heavy atom. The lowest BCUT2D eigenvalue weighted by molar-refractivity contribution is -0.118. The van der Waals surface area contributed by atoms with Gasteiger partial charge in [0.1, 0.15) is 11.5 Å². The molecule has 4 rings (SSSR count). The van der Waals surface area contributed by atoms with Crippen molar-refractivity contribution in [3.8, 4) is 28.6 Å². The molecule has 0 bridgehead atoms. The van der Waals surface area contributed by atoms with Crippen molar-refractivity contribution in [1.82, 2.24) is 20.2 Å². The fourth-order valence-corrected chi connectivity index (χ4v) is 4.01. The zero-order chi connectivity index (χ0) is 24.6. The van der Waals surface area contributed by atoms with Gasteiger partial charge in [0.25, 0.3) is 5.91 Å². The monoisotopic (exact) mass is 507 g/mol. The largest absolute Gasteiger partial charge is 0.497 e. The van der Waals surface area contributed by atoms with Gasteiger partial charge in [0.15, 0.2) is 11.0 Å². The number of carbonyl (C=O) groups excluding carboxylic acids is 1. The molecule has 0 atom stereocenters. The quantitative estimate of drug-likeness (QED) is 0.198. The van der Waals surface area contributed by atoms with E-state index >= 15 is 0 Å². The van der Waals surface area contributed by atoms with Crippen LogP contribution in [0.5, 0.6) is 11.5 Å². The van der Waals surface area contributed by atoms with Crippen molar-refractivity contribution in [3.63, 3.8) is 0 Å². The highest BCUT2D eigenvalue weighted by molar-refractivity contribution is 7.99. The van der Waals surface area contributed by atoms with Crippen molar-refractivity contribution in [2.45, 2.75) is 5.16 Å². The molecule has 1 N–H and O–H groups in total. The topological polar surface area (TPSA) is 90.6 Å². The molecule has 0 aliphatic rings. The molecule has 0 fully saturated rings. The van der Waals surface area contributed by atoms with Gasteiger partial charge in [-0.05, 0) is 66.2 Å². The number of ether oxygens (including phenoxy) is 2. The number of rotatable bonds is 9. The molecule has 35 heavy (non-hydrogen) atoms. The van der Waals surface area contributed by atoms with Gasteiger partial charge in [0, 0.05) is 16.3 Å². The standard InChI is InChI=1S/C25H22ClN5O3S/c1-33-21-11-5-18(6-12-21)24-29-30-25(31(24)20-9-13-22(34-2)14-10-20)35-16-23(32)28-27-15-17-3-7-19(26)8-4-17/h3-15H,16H2,1-2H3,(H,28,32)/b27-15+. The molecule has 8 nitrogen and oxygen atoms in total. The summed E-state index contributed by atoms with van der Waals surface area (Å²) in [5, 5.41) is 13.9. The fourth-order valence-electron chi connectivity index (χ4n) is 3.14. The van der Waals surface area contributed by atoms with Crippen LogP contribution in [0, 0.1) is 0 Å². The number of nitrogens with one attached hydrogen (secondary N) is 1. The van der Waals surface area contributed by atoms with E-state index in [0.717, 1.165) is 28.3 Å². The lowest BCUT2D eigenvalue weighted by atomic mass is 10.2. The second-order valence-electron chi connectivity index (χ2n) is 7.20. The number of thioether (sulfide) groups is 1. The molecule has 4 aromatic rings. The first kappa shape index (κ1) is 24.3. The molecule has 0 aliphatic carbocycles. The number of amides is 1. The summed E-state index contributed by atoms with van der Waals surface area (Å²) in [5.41, 5.74) is 5.05. The van der Waals surface area contributed by atoms with Crippen molar-refractivity contribution in [2.24, 2.45) is 5.10 Å². The van der Waals surface area contributed by atoms with E-state index in [1.807, 2.05) is 65.2 Å². The number of hydrazone groups is 1. The summed E-state index contributed by atoms with van der Waals surface area (Å²) < 4.78 is 12.4. The molecule has 0 unspecified atom stereocenters. The zero-order valence-corrected chi connectivity index (χ0v) is 20.6. The van der Waals surface area contributed by atoms with Gasteiger partial charge in [-0.15, -0.1) is 10.2 Å². The molecular weight excluding hydrogens is 486 g/mol. The van der Waals surface area contributed by atoms with Gasteiger partial charge in [-0.3, -0.25) is 9.36 Å². The summed E-state index contributed by atoms with van der Waals surface area (Å²) in [4.78, 5) is 12.4. The lowest BCUT2D eigenvalue weighted by Gasteiger charge is -2.11. The predicted molar refractivity (Wildman–Crippen MR) is 138 cm³/mol. The zero-order valence-electron chi connectivity index (χ0n) is 19.0. The summed E-state index contributed by atoms with van der Waals surface area (Å²) in [5.74, 6) is 1.96. The Hall–Kier alpha value is -3.82. The highest BCUT2D eigenvalue weighted by Crippen LogP contribution is 2.29. The Bertz CT molecular complexity index is 1310. The van der Waals surface area contributed by atoms with E-state index in [2.05, 4.69) is 20.7 Å². The van der Waals surface area contributed by atoms with Gasteiger partial charge in [0.2, 0.25) is 0 Å². The highest BCUT2D eigenvalue weighted by Gasteiger charge is 2.17. The van der Waals surface area contributed by atoms with Crippen LogP contribution in [0.15, 0.2) is 83.1 Å². The lowest BCUT2D eigenvalue weighted by Crippen LogP contribution is -2.20. The summed E-state index contributed by atoms with van der Waals surface area (Å²) in [6.07, 6.45) is 1.56. The minimum Gasteiger partial charge on any atom is -0.497 e. The maximum Gasteiger partial charge on any atom is 0.250 e. The number of halogens is 1. The Labute approximate surface area is 211 Å². The molecule has 1 aromatic heterocycles. The van der Waals surface area contributed by atoms with Gasteiger partial charge in [0.05, 0.1) is 26.2 Å². The second kappa shape index (κ2) is 11.5. The number of aromatic nitrogens is 3. The maximum atomic E-state index is 12.4. The molecule has 0 radical (unpaired) electrons. The smallest absolute Gasteiger partial charge is 0.250 e. The number of benzene rings is 3. The summed E-state index contributed by atoms with van der Waals surface area (Å²) in [6, 6.07) is 22.2. The average Bonchev–Trinajstić information content (AvgIpc) is 3.32. The van der Waals surface area contributed by atoms with Crippen LogP contribution in [0.2, 0.25) is 5.02 Å². The van der Waals surface area contributed by atoms with E-state index in [9.17, 15) is 4.79 Å². The third-order valence-corrected chi connectivity index (χ3v) is 6.10. The minimum atomic E-state index is -0.268. The molecular formula is C25H22ClN5O3S. The van der Waals surface area contributed by atoms with Gasteiger partial charge in [-0.1, -0.05) is 35.5 Å². The average molecular weight is 508 g/mol. The van der Waals surface area contributed by atoms with Crippen molar-refractivity contribution in [3.05, 3.63) is 83.4 Å². The number of carbonyl (C=O) groups is 1. The van der Waals surface area contributed by atoms with Crippen LogP contribution >= 0.6 is 23.4 Å². The number of nitrogens with zero attached hydrogens (tertiary/aromatic N) is 4. The summed E-state index contributed by atoms with van der Waals surface area (Å²) in [7, 11) is 3.24. The van der Waals surface area contributed by atoms with E-state index in [-0.39, 0.29) is 11.7 Å². The Balaban J connectivity index is 1.52. The van der Waals surface area contributed by atoms with Crippen molar-refractivity contribution < 1.29 is 14.3 Å². The summed E-state index contributed by atoms with van der Waals surface area (Å²) in [6.45, 7) is 0. The van der Waals surface area contributed by atoms with Crippen LogP contribution in [-0.2, 0) is 4.79 Å². The van der Waals surface area contributed by atoms with Gasteiger partial charge in [-0.25, -0.2) is 5.43 Å². The maximum absolute atomic E-state index is 12.4. The van der Waals surface area contributed by atoms with Crippen LogP contribution < -0.4 is 14.9 Å². The third-order valence-electron chi connectivity index (χ3n) is 4.92. The van der Waals surface area contributed by atoms with E-state index in [4.69, 9.17) is 21.1 Å². The van der Waals surface area contributed by atoms with Crippen LogP contribution in [0.1, 0.15) is 5.56 Å². The molecule has 0 aliphatic heterocycles. The first-order valence-electron chi connectivity index (χ1n) is 10.5. The van der Waals surface area contributed by atoms with Crippen molar-refractivity contribution in [2.75, 3.05) is 20.0 Å². The number of methoxy groups -OCH3 is 2. The normalized spacial score (nSPS) is 10.9. The van der Waals surface area contributed by atoms with E-state index < -0.39 is 0 Å². The van der Waals surface area contributed by atoms with Crippen molar-refractivity contribution >= 4 is 35.5 Å². The fraction of sp³-hybridized carbons (Fsp3) is 0.120. The predicted octanol–water partition coefficient (Wildman–Crippen LogP) is 4.85. The van der Waals surface area contributed by atoms with Crippen LogP contribution in [0.4, 0.5) is 0 Å². The number of hydrogen-bond donors (Lipinski definition) is 1. The minimum absolute atomic E-state index is 0.106. The molecule has 178 valence electrons. The van der Waals surface area contributed by atoms with Crippen LogP contribution in [0.3, 0.4) is 0 Å². The Kier molecular flexibility index (Phi) is 8.02. The summed E-state index contributed by atoms with van der Waals surface area (Å²) >= 11 is 7.14. The molecule has 3 aromatic carbocycles. The molecule has 0 saturated heterocycles. The third kappa shape index (κ3) is 6.20. The van der Waals surface area contributed by atoms with Gasteiger partial charge < -0.3 is 9.47 Å². The Morgan fingerprint density at radius 1 is 0.971 bits per heavy atom. The molecule has 1 amide bonds. The SMILES string of the molecule is COc1ccc(-c2nnc(SCC(=O)N/N=C/c3ccc(Cl)cc3)n2-c2ccc(OC)cc2)cc1. The first-order valence-corrected chi connectivity index (χ1v) is 11.9. The molecule has 1 heterocycles. The van der Waals surface area contributed by atoms with Gasteiger partial charge in [-0.2, -0.15) is 5.10 Å². The van der Waals surface area contributed by atoms with Gasteiger partial charge >= 0.3 is 0 Å². The molecule has 0 spiro atoms.